The average Bonchev–Trinajstić information content (AvgIpc) is 0.824. The number of carbonyl (C=O) groups excluding carboxylic acids is 13. The first-order valence-corrected chi connectivity index (χ1v) is 34.9. The molecule has 24 N–H and O–H groups in total. The normalized spacial score (nSPS) is 14.1. The Morgan fingerprint density at radius 2 is 0.738 bits per heavy atom. The lowest BCUT2D eigenvalue weighted by Crippen LogP contribution is -2.61. The van der Waals surface area contributed by atoms with Crippen molar-refractivity contribution in [3.05, 3.63) is 132 Å². The number of benzene rings is 5. The number of fused-ring (bicyclic) bond motifs is 2. The van der Waals surface area contributed by atoms with Crippen LogP contribution in [0.4, 0.5) is 0 Å². The van der Waals surface area contributed by atoms with Gasteiger partial charge in [0.25, 0.3) is 0 Å². The van der Waals surface area contributed by atoms with Crippen LogP contribution in [0, 0.1) is 5.92 Å². The van der Waals surface area contributed by atoms with Gasteiger partial charge in [-0.1, -0.05) is 136 Å². The van der Waals surface area contributed by atoms with Crippen molar-refractivity contribution in [2.75, 3.05) is 26.2 Å². The fourth-order valence-electron chi connectivity index (χ4n) is 11.6. The Hall–Kier alpha value is -10.4. The second kappa shape index (κ2) is 43.4. The van der Waals surface area contributed by atoms with Crippen molar-refractivity contribution in [2.24, 2.45) is 46.1 Å². The largest absolute Gasteiger partial charge is 0.370 e. The van der Waals surface area contributed by atoms with Gasteiger partial charge in [0.2, 0.25) is 76.8 Å². The molecule has 0 bridgehead atoms. The number of carbonyl (C=O) groups is 13. The van der Waals surface area contributed by atoms with Crippen molar-refractivity contribution >= 4 is 98.3 Å². The smallest absolute Gasteiger partial charge is 0.243 e. The summed E-state index contributed by atoms with van der Waals surface area (Å²) in [4.78, 5) is 180. The lowest BCUT2D eigenvalue weighted by atomic mass is 9.97. The zero-order valence-corrected chi connectivity index (χ0v) is 58.8. The molecule has 0 fully saturated rings. The van der Waals surface area contributed by atoms with E-state index in [0.717, 1.165) is 16.2 Å². The number of unbranched alkanes of at least 4 members (excludes halogenated alkanes) is 3. The zero-order chi connectivity index (χ0) is 75.5. The van der Waals surface area contributed by atoms with Gasteiger partial charge in [-0.25, -0.2) is 0 Å². The molecule has 0 saturated carbocycles. The average molecular weight is 1430 g/mol. The summed E-state index contributed by atoms with van der Waals surface area (Å²) in [6, 6.07) is 19.6. The molecular formula is C73H103N17O13. The summed E-state index contributed by atoms with van der Waals surface area (Å²) in [5.41, 5.74) is 41.8. The van der Waals surface area contributed by atoms with Crippen molar-refractivity contribution < 1.29 is 62.3 Å². The predicted octanol–water partition coefficient (Wildman–Crippen LogP) is -1.09. The highest BCUT2D eigenvalue weighted by atomic mass is 16.2. The minimum atomic E-state index is -1.81. The van der Waals surface area contributed by atoms with Crippen LogP contribution in [-0.4, -0.2) is 163 Å². The van der Waals surface area contributed by atoms with Crippen molar-refractivity contribution in [3.63, 3.8) is 0 Å². The maximum atomic E-state index is 15.0. The molecule has 30 nitrogen and oxygen atoms in total. The third-order valence-electron chi connectivity index (χ3n) is 17.1. The van der Waals surface area contributed by atoms with E-state index in [-0.39, 0.29) is 51.0 Å². The first-order chi connectivity index (χ1) is 49.2. The number of hydrogen-bond acceptors (Lipinski definition) is 17. The van der Waals surface area contributed by atoms with Gasteiger partial charge in [-0.15, -0.1) is 0 Å². The second-order valence-electron chi connectivity index (χ2n) is 26.0. The van der Waals surface area contributed by atoms with E-state index >= 15 is 0 Å². The number of rotatable bonds is 46. The van der Waals surface area contributed by atoms with E-state index in [0.29, 0.717) is 80.1 Å². The minimum absolute atomic E-state index is 0.0162. The van der Waals surface area contributed by atoms with E-state index in [1.54, 1.807) is 72.8 Å². The Morgan fingerprint density at radius 3 is 1.22 bits per heavy atom. The van der Waals surface area contributed by atoms with Crippen molar-refractivity contribution in [1.82, 2.24) is 53.2 Å². The summed E-state index contributed by atoms with van der Waals surface area (Å²) < 4.78 is 0. The molecule has 0 aliphatic rings. The lowest BCUT2D eigenvalue weighted by Gasteiger charge is -2.28. The monoisotopic (exact) mass is 1430 g/mol. The summed E-state index contributed by atoms with van der Waals surface area (Å²) in [5, 5.41) is 29.4. The minimum Gasteiger partial charge on any atom is -0.370 e. The standard InChI is InChI=1S/C73H103N17O13/c1-43(2)37-56(86-65(95)52(77)29-11-14-34-74)69(99)87-57(38-45-19-5-4-6-20-45)70(100)90-60(41-62(79)92)73(103)89-59(40-49-26-18-24-47-22-8-10-28-51(47)49)72(102)85-55(32-33-61(78)91)67(97)82-44(3)64(94)83-54(31-13-16-36-76)68(98)88-58(39-48-25-17-23-46-21-7-9-27-50(46)48)71(101)84-53(30-12-15-35-75)66(96)81-42-63(80)93/h4-10,17-28,43-44,52-60H,11-16,29-42,74-77H2,1-3H3,(H2,78,91)(H2,79,92)(H2,80,93)(H,81,96)(H,82,97)(H,83,94)(H,84,101)(H,85,102)(H,86,95)(H,87,99)(H,88,98)(H,89,103)(H,90,100)/t44-,52-,53-,54-,55-,56-,57-,58-,59-,60-/m0/s1. The SMILES string of the molecule is CC(C)C[C@H](NC(=O)[C@@H](N)CCCCN)C(=O)N[C@@H](Cc1ccccc1)C(=O)N[C@@H](CC(N)=O)C(=O)N[C@@H](Cc1cccc2ccccc12)C(=O)N[C@@H](CCC(N)=O)C(=O)N[C@@H](C)C(=O)N[C@@H](CCCCN)C(=O)N[C@@H](Cc1cccc2ccccc12)C(=O)N[C@@H](CCCCN)C(=O)NCC(N)=O. The Bertz CT molecular complexity index is 3700. The molecule has 558 valence electrons. The number of nitrogens with two attached hydrogens (primary N) is 7. The quantitative estimate of drug-likeness (QED) is 0.0206. The highest BCUT2D eigenvalue weighted by Crippen LogP contribution is 2.23. The molecule has 103 heavy (non-hydrogen) atoms. The molecular weight excluding hydrogens is 1320 g/mol. The molecule has 0 unspecified atom stereocenters. The first-order valence-electron chi connectivity index (χ1n) is 34.9. The summed E-state index contributed by atoms with van der Waals surface area (Å²) in [5.74, 6) is -11.6. The molecule has 0 saturated heterocycles. The van der Waals surface area contributed by atoms with Gasteiger partial charge in [-0.05, 0) is 135 Å². The zero-order valence-electron chi connectivity index (χ0n) is 58.8. The van der Waals surface area contributed by atoms with Crippen LogP contribution in [0.15, 0.2) is 115 Å². The van der Waals surface area contributed by atoms with Crippen molar-refractivity contribution in [1.29, 1.82) is 0 Å². The molecule has 30 heteroatoms. The maximum Gasteiger partial charge on any atom is 0.243 e. The number of amides is 13. The summed E-state index contributed by atoms with van der Waals surface area (Å²) in [7, 11) is 0. The van der Waals surface area contributed by atoms with Gasteiger partial charge < -0.3 is 93.3 Å². The molecule has 5 aromatic carbocycles. The molecule has 13 amide bonds. The topological polar surface area (TPSA) is 524 Å². The van der Waals surface area contributed by atoms with Crippen molar-refractivity contribution in [2.45, 2.75) is 184 Å². The first kappa shape index (κ1) is 83.2. The Morgan fingerprint density at radius 1 is 0.350 bits per heavy atom. The third-order valence-corrected chi connectivity index (χ3v) is 17.1. The fourth-order valence-corrected chi connectivity index (χ4v) is 11.6. The van der Waals surface area contributed by atoms with E-state index in [4.69, 9.17) is 40.1 Å². The number of nitrogens with one attached hydrogen (secondary N) is 10. The number of primary amides is 3. The van der Waals surface area contributed by atoms with E-state index in [2.05, 4.69) is 53.2 Å². The Labute approximate surface area is 599 Å². The molecule has 5 aromatic rings. The van der Waals surface area contributed by atoms with Crippen LogP contribution < -0.4 is 93.3 Å². The van der Waals surface area contributed by atoms with Gasteiger partial charge in [-0.3, -0.25) is 62.3 Å². The molecule has 5 rings (SSSR count). The summed E-state index contributed by atoms with van der Waals surface area (Å²) >= 11 is 0. The fraction of sp³-hybridized carbons (Fsp3) is 0.466. The molecule has 0 aliphatic heterocycles. The lowest BCUT2D eigenvalue weighted by molar-refractivity contribution is -0.136. The van der Waals surface area contributed by atoms with Crippen LogP contribution in [0.25, 0.3) is 21.5 Å². The highest BCUT2D eigenvalue weighted by molar-refractivity contribution is 6.01. The van der Waals surface area contributed by atoms with Gasteiger partial charge in [0, 0.05) is 25.7 Å². The number of hydrogen-bond donors (Lipinski definition) is 17. The molecule has 10 atom stereocenters. The predicted molar refractivity (Wildman–Crippen MR) is 389 cm³/mol. The molecule has 0 spiro atoms. The van der Waals surface area contributed by atoms with Crippen LogP contribution >= 0.6 is 0 Å². The van der Waals surface area contributed by atoms with Crippen LogP contribution in [0.3, 0.4) is 0 Å². The molecule has 0 aliphatic carbocycles. The van der Waals surface area contributed by atoms with E-state index in [1.807, 2.05) is 56.3 Å². The summed E-state index contributed by atoms with van der Waals surface area (Å²) in [6.45, 7) is 5.35. The Balaban J connectivity index is 1.43. The highest BCUT2D eigenvalue weighted by Gasteiger charge is 2.37. The second-order valence-corrected chi connectivity index (χ2v) is 26.0. The van der Waals surface area contributed by atoms with E-state index < -0.39 is 163 Å². The van der Waals surface area contributed by atoms with Gasteiger partial charge >= 0.3 is 0 Å². The molecule has 0 radical (unpaired) electrons. The van der Waals surface area contributed by atoms with Crippen molar-refractivity contribution in [3.8, 4) is 0 Å². The van der Waals surface area contributed by atoms with Crippen LogP contribution in [0.2, 0.25) is 0 Å². The van der Waals surface area contributed by atoms with Crippen LogP contribution in [0.1, 0.15) is 121 Å². The van der Waals surface area contributed by atoms with E-state index in [9.17, 15) is 62.3 Å². The third kappa shape index (κ3) is 28.5. The van der Waals surface area contributed by atoms with Crippen LogP contribution in [-0.2, 0) is 81.6 Å². The van der Waals surface area contributed by atoms with Gasteiger partial charge in [0.15, 0.2) is 0 Å². The van der Waals surface area contributed by atoms with Gasteiger partial charge in [0.05, 0.1) is 19.0 Å². The Kier molecular flexibility index (Phi) is 35.1. The maximum absolute atomic E-state index is 15.0. The van der Waals surface area contributed by atoms with Gasteiger partial charge in [-0.2, -0.15) is 0 Å². The summed E-state index contributed by atoms with van der Waals surface area (Å²) in [6.07, 6.45) is 1.06. The van der Waals surface area contributed by atoms with Crippen LogP contribution in [0.5, 0.6) is 0 Å². The molecule has 0 heterocycles. The molecule has 0 aromatic heterocycles. The van der Waals surface area contributed by atoms with E-state index in [1.165, 1.54) is 6.92 Å². The van der Waals surface area contributed by atoms with Gasteiger partial charge in [0.1, 0.15) is 54.4 Å².